The lowest BCUT2D eigenvalue weighted by atomic mass is 9.98. The van der Waals surface area contributed by atoms with E-state index in [2.05, 4.69) is 81.5 Å². The Kier molecular flexibility index (Phi) is 58.6. The first-order valence-electron chi connectivity index (χ1n) is 36.3. The van der Waals surface area contributed by atoms with E-state index in [0.29, 0.717) is 19.3 Å². The quantitative estimate of drug-likeness (QED) is 0.0228. The number of carboxylic acid groups (broad SMARTS) is 1. The van der Waals surface area contributed by atoms with Crippen LogP contribution in [-0.4, -0.2) is 89.2 Å². The van der Waals surface area contributed by atoms with Crippen molar-refractivity contribution in [2.75, 3.05) is 13.2 Å². The Bertz CT molecular complexity index is 1740. The van der Waals surface area contributed by atoms with E-state index in [1.165, 1.54) is 180 Å². The summed E-state index contributed by atoms with van der Waals surface area (Å²) in [6.07, 6.45) is 67.4. The van der Waals surface area contributed by atoms with Crippen molar-refractivity contribution in [1.82, 2.24) is 0 Å². The maximum Gasteiger partial charge on any atom is 0.335 e. The second-order valence-corrected chi connectivity index (χ2v) is 24.9. The average molecular weight is 1230 g/mol. The average Bonchev–Trinajstić information content (AvgIpc) is 2.60. The number of aliphatic hydroxyl groups excluding tert-OH is 2. The summed E-state index contributed by atoms with van der Waals surface area (Å²) < 4.78 is 28.7. The molecule has 12 heteroatoms. The Morgan fingerprint density at radius 3 is 1.07 bits per heavy atom. The van der Waals surface area contributed by atoms with Gasteiger partial charge in [0, 0.05) is 19.3 Å². The zero-order valence-electron chi connectivity index (χ0n) is 56.0. The Balaban J connectivity index is 2.63. The third-order valence-electron chi connectivity index (χ3n) is 16.6. The lowest BCUT2D eigenvalue weighted by molar-refractivity contribution is -0.301. The van der Waals surface area contributed by atoms with Crippen molar-refractivity contribution in [3.05, 3.63) is 60.8 Å². The molecule has 0 saturated carbocycles. The minimum absolute atomic E-state index is 0.0468. The Morgan fingerprint density at radius 1 is 0.379 bits per heavy atom. The molecule has 0 aromatic rings. The minimum atomic E-state index is -1.91. The standard InChI is InChI=1S/C75H132O12/c1-4-7-10-13-16-19-22-25-28-31-34-37-40-43-46-49-52-55-58-61-67(76)83-64-66(85-68(77)62-59-56-53-50-47-44-41-38-35-32-29-26-23-20-17-14-11-8-5-2)65-84-75-73(71(80)70(79)72(87-75)74(81)82)86-69(78)63-60-57-54-51-48-45-42-39-36-33-30-27-24-21-18-15-12-9-6-3/h16,18-19,21,25,27-28,30,36,39,66,70-73,75,79-80H,4-15,17,20,22-24,26,29,31-35,37-38,40-65H2,1-3H3,(H,81,82)/b19-16-,21-18-,28-25-,30-27-,39-36-. The number of allylic oxidation sites excluding steroid dienone is 10. The molecule has 0 aliphatic carbocycles. The summed E-state index contributed by atoms with van der Waals surface area (Å²) in [5.41, 5.74) is 0. The summed E-state index contributed by atoms with van der Waals surface area (Å²) in [5.74, 6) is -3.11. The van der Waals surface area contributed by atoms with Gasteiger partial charge in [0.15, 0.2) is 24.6 Å². The molecule has 0 radical (unpaired) electrons. The third-order valence-corrected chi connectivity index (χ3v) is 16.6. The van der Waals surface area contributed by atoms with Crippen molar-refractivity contribution < 1.29 is 58.2 Å². The summed E-state index contributed by atoms with van der Waals surface area (Å²) >= 11 is 0. The van der Waals surface area contributed by atoms with Crippen molar-refractivity contribution in [1.29, 1.82) is 0 Å². The van der Waals surface area contributed by atoms with E-state index in [4.69, 9.17) is 23.7 Å². The smallest absolute Gasteiger partial charge is 0.335 e. The first kappa shape index (κ1) is 81.4. The van der Waals surface area contributed by atoms with E-state index in [1.807, 2.05) is 0 Å². The second kappa shape index (κ2) is 62.6. The summed E-state index contributed by atoms with van der Waals surface area (Å²) in [6.45, 7) is 6.01. The molecule has 1 aliphatic heterocycles. The molecule has 6 unspecified atom stereocenters. The van der Waals surface area contributed by atoms with Gasteiger partial charge in [-0.15, -0.1) is 0 Å². The number of esters is 3. The van der Waals surface area contributed by atoms with Crippen LogP contribution >= 0.6 is 0 Å². The van der Waals surface area contributed by atoms with E-state index in [0.717, 1.165) is 103 Å². The summed E-state index contributed by atoms with van der Waals surface area (Å²) in [6, 6.07) is 0. The van der Waals surface area contributed by atoms with Crippen molar-refractivity contribution in [2.24, 2.45) is 0 Å². The molecule has 0 bridgehead atoms. The lowest BCUT2D eigenvalue weighted by Crippen LogP contribution is -2.61. The number of unbranched alkanes of at least 4 members (excludes halogenated alkanes) is 39. The lowest BCUT2D eigenvalue weighted by Gasteiger charge is -2.40. The molecule has 1 saturated heterocycles. The largest absolute Gasteiger partial charge is 0.479 e. The molecule has 1 rings (SSSR count). The number of hydrogen-bond acceptors (Lipinski definition) is 11. The fraction of sp³-hybridized carbons (Fsp3) is 0.813. The molecule has 0 aromatic heterocycles. The Hall–Kier alpha value is -3.58. The topological polar surface area (TPSA) is 175 Å². The van der Waals surface area contributed by atoms with Crippen LogP contribution in [0.2, 0.25) is 0 Å². The minimum Gasteiger partial charge on any atom is -0.479 e. The van der Waals surface area contributed by atoms with Gasteiger partial charge in [-0.2, -0.15) is 0 Å². The van der Waals surface area contributed by atoms with E-state index in [9.17, 15) is 34.5 Å². The van der Waals surface area contributed by atoms with Gasteiger partial charge in [-0.3, -0.25) is 14.4 Å². The van der Waals surface area contributed by atoms with Crippen LogP contribution in [0.1, 0.15) is 342 Å². The summed E-state index contributed by atoms with van der Waals surface area (Å²) in [7, 11) is 0. The van der Waals surface area contributed by atoms with Gasteiger partial charge in [-0.1, -0.05) is 293 Å². The maximum atomic E-state index is 13.3. The molecule has 12 nitrogen and oxygen atoms in total. The highest BCUT2D eigenvalue weighted by Crippen LogP contribution is 2.27. The maximum absolute atomic E-state index is 13.3. The van der Waals surface area contributed by atoms with Gasteiger partial charge in [-0.05, 0) is 89.9 Å². The molecule has 3 N–H and O–H groups in total. The van der Waals surface area contributed by atoms with Gasteiger partial charge in [0.05, 0.1) is 6.61 Å². The van der Waals surface area contributed by atoms with Crippen LogP contribution < -0.4 is 0 Å². The van der Waals surface area contributed by atoms with E-state index < -0.39 is 67.3 Å². The van der Waals surface area contributed by atoms with Gasteiger partial charge in [0.1, 0.15) is 18.8 Å². The number of ether oxygens (including phenoxy) is 5. The van der Waals surface area contributed by atoms with E-state index >= 15 is 0 Å². The Labute approximate surface area is 532 Å². The summed E-state index contributed by atoms with van der Waals surface area (Å²) in [4.78, 5) is 51.6. The van der Waals surface area contributed by atoms with Gasteiger partial charge < -0.3 is 39.0 Å². The molecule has 87 heavy (non-hydrogen) atoms. The zero-order chi connectivity index (χ0) is 63.1. The van der Waals surface area contributed by atoms with Crippen molar-refractivity contribution >= 4 is 23.9 Å². The number of hydrogen-bond donors (Lipinski definition) is 3. The second-order valence-electron chi connectivity index (χ2n) is 24.9. The highest BCUT2D eigenvalue weighted by Gasteiger charge is 2.50. The molecule has 0 aromatic carbocycles. The van der Waals surface area contributed by atoms with Gasteiger partial charge >= 0.3 is 23.9 Å². The van der Waals surface area contributed by atoms with Crippen LogP contribution in [0.15, 0.2) is 60.8 Å². The van der Waals surface area contributed by atoms with Gasteiger partial charge in [0.25, 0.3) is 0 Å². The zero-order valence-corrected chi connectivity index (χ0v) is 56.0. The van der Waals surface area contributed by atoms with Crippen molar-refractivity contribution in [3.8, 4) is 0 Å². The fourth-order valence-corrected chi connectivity index (χ4v) is 11.0. The van der Waals surface area contributed by atoms with Gasteiger partial charge in [-0.25, -0.2) is 4.79 Å². The highest BCUT2D eigenvalue weighted by atomic mass is 16.7. The molecule has 0 amide bonds. The molecular weight excluding hydrogens is 1090 g/mol. The van der Waals surface area contributed by atoms with Crippen LogP contribution in [0, 0.1) is 0 Å². The third kappa shape index (κ3) is 51.8. The summed E-state index contributed by atoms with van der Waals surface area (Å²) in [5, 5.41) is 31.7. The fourth-order valence-electron chi connectivity index (χ4n) is 11.0. The number of carbonyl (C=O) groups excluding carboxylic acids is 3. The first-order chi connectivity index (χ1) is 42.6. The molecule has 504 valence electrons. The van der Waals surface area contributed by atoms with E-state index in [-0.39, 0.29) is 25.9 Å². The molecular formula is C75H132O12. The molecule has 1 fully saturated rings. The first-order valence-corrected chi connectivity index (χ1v) is 36.3. The van der Waals surface area contributed by atoms with Crippen LogP contribution in [0.25, 0.3) is 0 Å². The normalized spacial score (nSPS) is 17.6. The van der Waals surface area contributed by atoms with E-state index in [1.54, 1.807) is 0 Å². The number of carboxylic acids is 1. The monoisotopic (exact) mass is 1220 g/mol. The molecule has 1 heterocycles. The highest BCUT2D eigenvalue weighted by molar-refractivity contribution is 5.74. The predicted octanol–water partition coefficient (Wildman–Crippen LogP) is 20.2. The van der Waals surface area contributed by atoms with Crippen molar-refractivity contribution in [3.63, 3.8) is 0 Å². The van der Waals surface area contributed by atoms with Crippen LogP contribution in [0.3, 0.4) is 0 Å². The van der Waals surface area contributed by atoms with Gasteiger partial charge in [0.2, 0.25) is 0 Å². The number of aliphatic hydroxyl groups is 2. The molecule has 6 atom stereocenters. The molecule has 0 spiro atoms. The van der Waals surface area contributed by atoms with Crippen LogP contribution in [-0.2, 0) is 42.9 Å². The predicted molar refractivity (Wildman–Crippen MR) is 359 cm³/mol. The van der Waals surface area contributed by atoms with Crippen LogP contribution in [0.5, 0.6) is 0 Å². The number of carbonyl (C=O) groups is 4. The van der Waals surface area contributed by atoms with Crippen LogP contribution in [0.4, 0.5) is 0 Å². The Morgan fingerprint density at radius 2 is 0.690 bits per heavy atom. The number of aliphatic carboxylic acids is 1. The van der Waals surface area contributed by atoms with Crippen molar-refractivity contribution in [2.45, 2.75) is 379 Å². The SMILES string of the molecule is CCCCC/C=C\C/C=C\C/C=C\CCCCCCCCC(=O)OC1C(OCC(COC(=O)CCCCCCCCCCC/C=C\C/C=C\CCCCC)OC(=O)CCCCCCCCCCCCCCCCCCCCC)OC(C(=O)O)C(O)C1O. The number of rotatable bonds is 63. The molecule has 1 aliphatic rings.